The van der Waals surface area contributed by atoms with Gasteiger partial charge in [-0.3, -0.25) is 4.98 Å². The summed E-state index contributed by atoms with van der Waals surface area (Å²) in [6.45, 7) is 2.93. The summed E-state index contributed by atoms with van der Waals surface area (Å²) in [7, 11) is 0. The Labute approximate surface area is 85.8 Å². The molecular formula is C10H12F3NO. The molecule has 1 aromatic heterocycles. The van der Waals surface area contributed by atoms with Crippen molar-refractivity contribution in [3.05, 3.63) is 29.1 Å². The third-order valence-corrected chi connectivity index (χ3v) is 2.00. The van der Waals surface area contributed by atoms with E-state index < -0.39 is 11.7 Å². The molecule has 2 nitrogen and oxygen atoms in total. The van der Waals surface area contributed by atoms with Gasteiger partial charge in [-0.25, -0.2) is 0 Å². The number of hydrogen-bond acceptors (Lipinski definition) is 2. The molecule has 5 heteroatoms. The van der Waals surface area contributed by atoms with Gasteiger partial charge in [-0.05, 0) is 18.1 Å². The molecule has 0 aliphatic rings. The summed E-state index contributed by atoms with van der Waals surface area (Å²) >= 11 is 0. The summed E-state index contributed by atoms with van der Waals surface area (Å²) in [4.78, 5) is 3.79. The first-order valence-corrected chi connectivity index (χ1v) is 4.54. The predicted molar refractivity (Wildman–Crippen MR) is 49.3 cm³/mol. The quantitative estimate of drug-likeness (QED) is 0.829. The van der Waals surface area contributed by atoms with Crippen molar-refractivity contribution in [2.75, 3.05) is 0 Å². The van der Waals surface area contributed by atoms with Gasteiger partial charge in [0.2, 0.25) is 0 Å². The molecule has 0 amide bonds. The molecule has 0 bridgehead atoms. The van der Waals surface area contributed by atoms with Crippen molar-refractivity contribution in [3.63, 3.8) is 0 Å². The van der Waals surface area contributed by atoms with Crippen molar-refractivity contribution >= 4 is 0 Å². The largest absolute Gasteiger partial charge is 0.418 e. The Morgan fingerprint density at radius 1 is 1.33 bits per heavy atom. The van der Waals surface area contributed by atoms with E-state index in [1.165, 1.54) is 6.07 Å². The van der Waals surface area contributed by atoms with Crippen LogP contribution in [0.5, 0.6) is 0 Å². The second-order valence-corrected chi connectivity index (χ2v) is 3.55. The average Bonchev–Trinajstić information content (AvgIpc) is 2.15. The van der Waals surface area contributed by atoms with Crippen LogP contribution in [0.15, 0.2) is 12.1 Å². The maximum atomic E-state index is 12.5. The van der Waals surface area contributed by atoms with Crippen LogP contribution in [0.4, 0.5) is 13.2 Å². The zero-order valence-electron chi connectivity index (χ0n) is 8.47. The van der Waals surface area contributed by atoms with E-state index in [4.69, 9.17) is 5.11 Å². The highest BCUT2D eigenvalue weighted by Crippen LogP contribution is 2.34. The first-order valence-electron chi connectivity index (χ1n) is 4.54. The first-order chi connectivity index (χ1) is 6.86. The fourth-order valence-electron chi connectivity index (χ4n) is 1.28. The zero-order valence-corrected chi connectivity index (χ0v) is 8.47. The Bertz CT molecular complexity index is 347. The van der Waals surface area contributed by atoms with E-state index in [0.29, 0.717) is 0 Å². The SMILES string of the molecule is CC(C)c1nc(CO)ccc1C(F)(F)F. The number of rotatable bonds is 2. The Morgan fingerprint density at radius 2 is 1.93 bits per heavy atom. The molecule has 0 saturated heterocycles. The first kappa shape index (κ1) is 12.0. The average molecular weight is 219 g/mol. The van der Waals surface area contributed by atoms with E-state index in [1.54, 1.807) is 13.8 Å². The molecule has 84 valence electrons. The van der Waals surface area contributed by atoms with Crippen molar-refractivity contribution < 1.29 is 18.3 Å². The van der Waals surface area contributed by atoms with E-state index in [9.17, 15) is 13.2 Å². The Balaban J connectivity index is 3.28. The van der Waals surface area contributed by atoms with E-state index in [2.05, 4.69) is 4.98 Å². The number of pyridine rings is 1. The number of nitrogens with zero attached hydrogens (tertiary/aromatic N) is 1. The lowest BCUT2D eigenvalue weighted by molar-refractivity contribution is -0.138. The molecule has 0 aromatic carbocycles. The van der Waals surface area contributed by atoms with Crippen molar-refractivity contribution in [2.45, 2.75) is 32.5 Å². The summed E-state index contributed by atoms with van der Waals surface area (Å²) in [6.07, 6.45) is -4.39. The van der Waals surface area contributed by atoms with Gasteiger partial charge >= 0.3 is 6.18 Å². The lowest BCUT2D eigenvalue weighted by atomic mass is 10.0. The monoisotopic (exact) mass is 219 g/mol. The highest BCUT2D eigenvalue weighted by molar-refractivity contribution is 5.28. The summed E-state index contributed by atoms with van der Waals surface area (Å²) in [5, 5.41) is 8.79. The molecule has 0 unspecified atom stereocenters. The molecular weight excluding hydrogens is 207 g/mol. The third kappa shape index (κ3) is 2.68. The van der Waals surface area contributed by atoms with E-state index >= 15 is 0 Å². The van der Waals surface area contributed by atoms with Crippen molar-refractivity contribution in [3.8, 4) is 0 Å². The van der Waals surface area contributed by atoms with Crippen LogP contribution in [0.25, 0.3) is 0 Å². The minimum atomic E-state index is -4.39. The second kappa shape index (κ2) is 4.18. The van der Waals surface area contributed by atoms with Gasteiger partial charge in [0.05, 0.1) is 23.6 Å². The molecule has 0 atom stereocenters. The number of hydrogen-bond donors (Lipinski definition) is 1. The topological polar surface area (TPSA) is 33.1 Å². The molecule has 0 radical (unpaired) electrons. The maximum absolute atomic E-state index is 12.5. The van der Waals surface area contributed by atoms with E-state index in [0.717, 1.165) is 6.07 Å². The highest BCUT2D eigenvalue weighted by Gasteiger charge is 2.34. The van der Waals surface area contributed by atoms with Crippen LogP contribution in [0, 0.1) is 0 Å². The normalized spacial score (nSPS) is 12.2. The molecule has 0 aliphatic carbocycles. The predicted octanol–water partition coefficient (Wildman–Crippen LogP) is 2.72. The van der Waals surface area contributed by atoms with Gasteiger partial charge in [0, 0.05) is 0 Å². The number of alkyl halides is 3. The second-order valence-electron chi connectivity index (χ2n) is 3.55. The van der Waals surface area contributed by atoms with Gasteiger partial charge in [-0.1, -0.05) is 13.8 Å². The standard InChI is InChI=1S/C10H12F3NO/c1-6(2)9-8(10(11,12)13)4-3-7(5-15)14-9/h3-4,6,15H,5H2,1-2H3. The molecule has 0 spiro atoms. The van der Waals surface area contributed by atoms with Crippen LogP contribution >= 0.6 is 0 Å². The van der Waals surface area contributed by atoms with Gasteiger partial charge in [0.15, 0.2) is 0 Å². The number of aromatic nitrogens is 1. The molecule has 1 rings (SSSR count). The Kier molecular flexibility index (Phi) is 3.34. The minimum absolute atomic E-state index is 0.0194. The number of aliphatic hydroxyl groups excluding tert-OH is 1. The highest BCUT2D eigenvalue weighted by atomic mass is 19.4. The number of aliphatic hydroxyl groups is 1. The fraction of sp³-hybridized carbons (Fsp3) is 0.500. The minimum Gasteiger partial charge on any atom is -0.390 e. The van der Waals surface area contributed by atoms with Gasteiger partial charge in [0.25, 0.3) is 0 Å². The number of halogens is 3. The molecule has 1 heterocycles. The molecule has 0 saturated carbocycles. The van der Waals surface area contributed by atoms with Crippen LogP contribution in [-0.4, -0.2) is 10.1 Å². The zero-order chi connectivity index (χ0) is 11.6. The van der Waals surface area contributed by atoms with Gasteiger partial charge in [-0.2, -0.15) is 13.2 Å². The fourth-order valence-corrected chi connectivity index (χ4v) is 1.28. The van der Waals surface area contributed by atoms with E-state index in [1.807, 2.05) is 0 Å². The summed E-state index contributed by atoms with van der Waals surface area (Å²) in [5.74, 6) is -0.326. The molecule has 1 aromatic rings. The van der Waals surface area contributed by atoms with Crippen molar-refractivity contribution in [2.24, 2.45) is 0 Å². The van der Waals surface area contributed by atoms with Crippen molar-refractivity contribution in [1.82, 2.24) is 4.98 Å². The van der Waals surface area contributed by atoms with Gasteiger partial charge in [0.1, 0.15) is 0 Å². The van der Waals surface area contributed by atoms with Gasteiger partial charge < -0.3 is 5.11 Å². The van der Waals surface area contributed by atoms with Crippen LogP contribution < -0.4 is 0 Å². The molecule has 0 fully saturated rings. The Morgan fingerprint density at radius 3 is 2.33 bits per heavy atom. The Hall–Kier alpha value is -1.10. The molecule has 15 heavy (non-hydrogen) atoms. The van der Waals surface area contributed by atoms with Crippen molar-refractivity contribution in [1.29, 1.82) is 0 Å². The van der Waals surface area contributed by atoms with Crippen LogP contribution in [0.2, 0.25) is 0 Å². The third-order valence-electron chi connectivity index (χ3n) is 2.00. The van der Waals surface area contributed by atoms with Gasteiger partial charge in [-0.15, -0.1) is 0 Å². The molecule has 1 N–H and O–H groups in total. The van der Waals surface area contributed by atoms with E-state index in [-0.39, 0.29) is 23.9 Å². The summed E-state index contributed by atoms with van der Waals surface area (Å²) < 4.78 is 37.6. The summed E-state index contributed by atoms with van der Waals surface area (Å²) in [6, 6.07) is 2.16. The summed E-state index contributed by atoms with van der Waals surface area (Å²) in [5.41, 5.74) is -0.490. The van der Waals surface area contributed by atoms with Crippen LogP contribution in [-0.2, 0) is 12.8 Å². The smallest absolute Gasteiger partial charge is 0.390 e. The van der Waals surface area contributed by atoms with Crippen LogP contribution in [0.1, 0.15) is 36.7 Å². The maximum Gasteiger partial charge on any atom is 0.418 e. The van der Waals surface area contributed by atoms with Crippen LogP contribution in [0.3, 0.4) is 0 Å². The lowest BCUT2D eigenvalue weighted by Crippen LogP contribution is -2.13. The molecule has 0 aliphatic heterocycles. The lowest BCUT2D eigenvalue weighted by Gasteiger charge is -2.15.